The van der Waals surface area contributed by atoms with Crippen molar-refractivity contribution < 1.29 is 5.11 Å². The lowest BCUT2D eigenvalue weighted by molar-refractivity contribution is 0.193. The molecule has 0 unspecified atom stereocenters. The Morgan fingerprint density at radius 3 is 2.79 bits per heavy atom. The summed E-state index contributed by atoms with van der Waals surface area (Å²) in [5.41, 5.74) is 1.42. The molecule has 1 atom stereocenters. The first-order valence-electron chi connectivity index (χ1n) is 4.28. The SMILES string of the molecule is C[C@@H](O)c1cc2cc(Br)ccc2nn1. The average molecular weight is 253 g/mol. The van der Waals surface area contributed by atoms with Crippen LogP contribution in [0, 0.1) is 0 Å². The molecule has 72 valence electrons. The fraction of sp³-hybridized carbons (Fsp3) is 0.200. The van der Waals surface area contributed by atoms with Gasteiger partial charge >= 0.3 is 0 Å². The number of fused-ring (bicyclic) bond motifs is 1. The predicted octanol–water partition coefficient (Wildman–Crippen LogP) is 2.45. The van der Waals surface area contributed by atoms with Crippen LogP contribution < -0.4 is 0 Å². The van der Waals surface area contributed by atoms with Gasteiger partial charge in [0.2, 0.25) is 0 Å². The van der Waals surface area contributed by atoms with Gasteiger partial charge in [-0.3, -0.25) is 0 Å². The van der Waals surface area contributed by atoms with E-state index in [1.54, 1.807) is 6.92 Å². The van der Waals surface area contributed by atoms with Gasteiger partial charge < -0.3 is 5.11 Å². The van der Waals surface area contributed by atoms with Crippen molar-refractivity contribution in [3.8, 4) is 0 Å². The van der Waals surface area contributed by atoms with Gasteiger partial charge in [-0.25, -0.2) is 0 Å². The first-order valence-corrected chi connectivity index (χ1v) is 5.07. The number of hydrogen-bond acceptors (Lipinski definition) is 3. The van der Waals surface area contributed by atoms with Crippen molar-refractivity contribution >= 4 is 26.8 Å². The molecular weight excluding hydrogens is 244 g/mol. The van der Waals surface area contributed by atoms with E-state index in [0.717, 1.165) is 15.4 Å². The molecule has 0 radical (unpaired) electrons. The van der Waals surface area contributed by atoms with E-state index in [9.17, 15) is 5.11 Å². The lowest BCUT2D eigenvalue weighted by Crippen LogP contribution is -1.97. The van der Waals surface area contributed by atoms with E-state index < -0.39 is 6.10 Å². The van der Waals surface area contributed by atoms with E-state index >= 15 is 0 Å². The van der Waals surface area contributed by atoms with Gasteiger partial charge in [-0.1, -0.05) is 15.9 Å². The van der Waals surface area contributed by atoms with E-state index in [1.807, 2.05) is 24.3 Å². The molecule has 2 aromatic rings. The summed E-state index contributed by atoms with van der Waals surface area (Å²) in [6.45, 7) is 1.67. The molecule has 14 heavy (non-hydrogen) atoms. The molecule has 4 heteroatoms. The van der Waals surface area contributed by atoms with Crippen LogP contribution >= 0.6 is 15.9 Å². The van der Waals surface area contributed by atoms with Gasteiger partial charge in [0, 0.05) is 9.86 Å². The van der Waals surface area contributed by atoms with Crippen LogP contribution in [0.3, 0.4) is 0 Å². The second kappa shape index (κ2) is 3.63. The standard InChI is InChI=1S/C10H9BrN2O/c1-6(14)10-5-7-4-8(11)2-3-9(7)12-13-10/h2-6,14H,1H3/t6-/m1/s1. The zero-order chi connectivity index (χ0) is 10.1. The average Bonchev–Trinajstić information content (AvgIpc) is 2.16. The number of nitrogens with zero attached hydrogens (tertiary/aromatic N) is 2. The summed E-state index contributed by atoms with van der Waals surface area (Å²) < 4.78 is 0.995. The lowest BCUT2D eigenvalue weighted by Gasteiger charge is -2.03. The van der Waals surface area contributed by atoms with Crippen molar-refractivity contribution in [3.05, 3.63) is 34.4 Å². The van der Waals surface area contributed by atoms with Crippen LogP contribution in [-0.4, -0.2) is 15.3 Å². The fourth-order valence-electron chi connectivity index (χ4n) is 1.24. The summed E-state index contributed by atoms with van der Waals surface area (Å²) in [6, 6.07) is 7.60. The third kappa shape index (κ3) is 1.76. The molecule has 0 aliphatic heterocycles. The molecule has 0 spiro atoms. The Labute approximate surface area is 89.9 Å². The topological polar surface area (TPSA) is 46.0 Å². The zero-order valence-corrected chi connectivity index (χ0v) is 9.19. The summed E-state index contributed by atoms with van der Waals surface area (Å²) in [5.74, 6) is 0. The fourth-order valence-corrected chi connectivity index (χ4v) is 1.61. The van der Waals surface area contributed by atoms with Gasteiger partial charge in [0.1, 0.15) is 0 Å². The Balaban J connectivity index is 2.63. The van der Waals surface area contributed by atoms with Crippen LogP contribution in [0.1, 0.15) is 18.7 Å². The van der Waals surface area contributed by atoms with Gasteiger partial charge in [-0.15, -0.1) is 0 Å². The maximum atomic E-state index is 9.34. The summed E-state index contributed by atoms with van der Waals surface area (Å²) in [5, 5.41) is 18.2. The third-order valence-electron chi connectivity index (χ3n) is 1.99. The van der Waals surface area contributed by atoms with Gasteiger partial charge in [-0.2, -0.15) is 10.2 Å². The van der Waals surface area contributed by atoms with Crippen molar-refractivity contribution in [3.63, 3.8) is 0 Å². The van der Waals surface area contributed by atoms with Crippen LogP contribution in [0.5, 0.6) is 0 Å². The Kier molecular flexibility index (Phi) is 2.48. The molecular formula is C10H9BrN2O. The van der Waals surface area contributed by atoms with Crippen LogP contribution in [0.2, 0.25) is 0 Å². The molecule has 0 saturated carbocycles. The summed E-state index contributed by atoms with van der Waals surface area (Å²) in [6.07, 6.45) is -0.578. The van der Waals surface area contributed by atoms with E-state index in [4.69, 9.17) is 0 Å². The first kappa shape index (κ1) is 9.55. The molecule has 1 heterocycles. The molecule has 1 aromatic carbocycles. The Morgan fingerprint density at radius 1 is 1.29 bits per heavy atom. The lowest BCUT2D eigenvalue weighted by atomic mass is 10.2. The number of benzene rings is 1. The second-order valence-corrected chi connectivity index (χ2v) is 4.06. The first-order chi connectivity index (χ1) is 6.66. The molecule has 0 aliphatic rings. The van der Waals surface area contributed by atoms with Gasteiger partial charge in [0.15, 0.2) is 0 Å². The normalized spacial score (nSPS) is 13.1. The van der Waals surface area contributed by atoms with E-state index in [0.29, 0.717) is 5.69 Å². The number of aliphatic hydroxyl groups is 1. The smallest absolute Gasteiger partial charge is 0.0950 e. The molecule has 2 rings (SSSR count). The molecule has 0 fully saturated rings. The van der Waals surface area contributed by atoms with E-state index in [1.165, 1.54) is 0 Å². The Morgan fingerprint density at radius 2 is 2.07 bits per heavy atom. The van der Waals surface area contributed by atoms with Crippen LogP contribution in [0.25, 0.3) is 10.9 Å². The number of halogens is 1. The minimum atomic E-state index is -0.578. The molecule has 3 nitrogen and oxygen atoms in total. The van der Waals surface area contributed by atoms with Crippen molar-refractivity contribution in [1.82, 2.24) is 10.2 Å². The third-order valence-corrected chi connectivity index (χ3v) is 2.49. The van der Waals surface area contributed by atoms with Crippen molar-refractivity contribution in [2.45, 2.75) is 13.0 Å². The highest BCUT2D eigenvalue weighted by Gasteiger charge is 2.04. The van der Waals surface area contributed by atoms with Crippen LogP contribution in [0.15, 0.2) is 28.7 Å². The molecule has 0 saturated heterocycles. The Hall–Kier alpha value is -1.00. The molecule has 1 N–H and O–H groups in total. The Bertz CT molecular complexity index is 471. The van der Waals surface area contributed by atoms with Crippen molar-refractivity contribution in [1.29, 1.82) is 0 Å². The molecule has 0 amide bonds. The minimum Gasteiger partial charge on any atom is -0.387 e. The molecule has 0 aliphatic carbocycles. The summed E-state index contributed by atoms with van der Waals surface area (Å²) >= 11 is 3.38. The van der Waals surface area contributed by atoms with Gasteiger partial charge in [0.05, 0.1) is 17.3 Å². The zero-order valence-electron chi connectivity index (χ0n) is 7.61. The minimum absolute atomic E-state index is 0.578. The van der Waals surface area contributed by atoms with E-state index in [-0.39, 0.29) is 0 Å². The number of aliphatic hydroxyl groups excluding tert-OH is 1. The highest BCUT2D eigenvalue weighted by atomic mass is 79.9. The molecule has 1 aromatic heterocycles. The van der Waals surface area contributed by atoms with Gasteiger partial charge in [-0.05, 0) is 31.2 Å². The highest BCUT2D eigenvalue weighted by molar-refractivity contribution is 9.10. The predicted molar refractivity (Wildman–Crippen MR) is 57.9 cm³/mol. The number of aromatic nitrogens is 2. The highest BCUT2D eigenvalue weighted by Crippen LogP contribution is 2.19. The van der Waals surface area contributed by atoms with Crippen LogP contribution in [0.4, 0.5) is 0 Å². The quantitative estimate of drug-likeness (QED) is 0.849. The second-order valence-electron chi connectivity index (χ2n) is 3.15. The van der Waals surface area contributed by atoms with Gasteiger partial charge in [0.25, 0.3) is 0 Å². The van der Waals surface area contributed by atoms with Crippen LogP contribution in [-0.2, 0) is 0 Å². The summed E-state index contributed by atoms with van der Waals surface area (Å²) in [7, 11) is 0. The van der Waals surface area contributed by atoms with Crippen molar-refractivity contribution in [2.75, 3.05) is 0 Å². The van der Waals surface area contributed by atoms with E-state index in [2.05, 4.69) is 26.1 Å². The number of rotatable bonds is 1. The molecule has 0 bridgehead atoms. The number of hydrogen-bond donors (Lipinski definition) is 1. The monoisotopic (exact) mass is 252 g/mol. The largest absolute Gasteiger partial charge is 0.387 e. The summed E-state index contributed by atoms with van der Waals surface area (Å²) in [4.78, 5) is 0. The van der Waals surface area contributed by atoms with Crippen molar-refractivity contribution in [2.24, 2.45) is 0 Å². The maximum absolute atomic E-state index is 9.34. The maximum Gasteiger partial charge on any atom is 0.0950 e.